The average Bonchev–Trinajstić information content (AvgIpc) is 2.52. The molecule has 78 valence electrons. The lowest BCUT2D eigenvalue weighted by molar-refractivity contribution is 0.541. The first-order valence-corrected chi connectivity index (χ1v) is 4.88. The van der Waals surface area contributed by atoms with E-state index < -0.39 is 0 Å². The number of anilines is 1. The van der Waals surface area contributed by atoms with E-state index in [4.69, 9.17) is 10.2 Å². The second-order valence-corrected chi connectivity index (χ2v) is 3.73. The molecule has 0 saturated carbocycles. The normalized spacial score (nSPS) is 10.6. The van der Waals surface area contributed by atoms with E-state index in [-0.39, 0.29) is 0 Å². The van der Waals surface area contributed by atoms with Gasteiger partial charge >= 0.3 is 0 Å². The van der Waals surface area contributed by atoms with Crippen molar-refractivity contribution >= 4 is 5.69 Å². The molecule has 0 unspecified atom stereocenters. The fraction of sp³-hybridized carbons (Fsp3) is 0.250. The summed E-state index contributed by atoms with van der Waals surface area (Å²) in [6.07, 6.45) is 0. The Hall–Kier alpha value is -1.77. The predicted molar refractivity (Wildman–Crippen MR) is 60.6 cm³/mol. The van der Waals surface area contributed by atoms with Gasteiger partial charge in [0.25, 0.3) is 0 Å². The summed E-state index contributed by atoms with van der Waals surface area (Å²) in [5.41, 5.74) is 9.48. The van der Waals surface area contributed by atoms with Crippen molar-refractivity contribution in [3.8, 4) is 11.5 Å². The van der Waals surface area contributed by atoms with E-state index in [9.17, 15) is 0 Å². The average molecular weight is 202 g/mol. The van der Waals surface area contributed by atoms with Gasteiger partial charge in [0.05, 0.1) is 5.69 Å². The Kier molecular flexibility index (Phi) is 2.23. The van der Waals surface area contributed by atoms with Gasteiger partial charge in [0.2, 0.25) is 5.89 Å². The number of benzene rings is 1. The van der Waals surface area contributed by atoms with E-state index in [1.165, 1.54) is 0 Å². The Labute approximate surface area is 88.9 Å². The van der Waals surface area contributed by atoms with E-state index in [0.717, 1.165) is 28.3 Å². The zero-order valence-electron chi connectivity index (χ0n) is 9.16. The van der Waals surface area contributed by atoms with Crippen LogP contribution in [0.1, 0.15) is 17.0 Å². The predicted octanol–water partition coefficient (Wildman–Crippen LogP) is 2.85. The van der Waals surface area contributed by atoms with E-state index in [1.54, 1.807) is 0 Å². The standard InChI is InChI=1S/C12H14N2O/c1-7-6-10(4-5-11(7)13)12-14-8(2)9(3)15-12/h4-6H,13H2,1-3H3. The molecule has 2 rings (SSSR count). The molecule has 3 nitrogen and oxygen atoms in total. The van der Waals surface area contributed by atoms with E-state index in [0.29, 0.717) is 5.89 Å². The van der Waals surface area contributed by atoms with Gasteiger partial charge in [0.1, 0.15) is 5.76 Å². The summed E-state index contributed by atoms with van der Waals surface area (Å²) in [4.78, 5) is 4.34. The number of rotatable bonds is 1. The number of hydrogen-bond acceptors (Lipinski definition) is 3. The SMILES string of the molecule is Cc1cc(-c2nc(C)c(C)o2)ccc1N. The Morgan fingerprint density at radius 3 is 2.47 bits per heavy atom. The number of nitrogens with zero attached hydrogens (tertiary/aromatic N) is 1. The van der Waals surface area contributed by atoms with Gasteiger partial charge in [-0.2, -0.15) is 0 Å². The lowest BCUT2D eigenvalue weighted by Gasteiger charge is -2.01. The summed E-state index contributed by atoms with van der Waals surface area (Å²) in [5.74, 6) is 1.52. The highest BCUT2D eigenvalue weighted by Gasteiger charge is 2.08. The molecule has 0 spiro atoms. The summed E-state index contributed by atoms with van der Waals surface area (Å²) in [6.45, 7) is 5.82. The molecule has 0 radical (unpaired) electrons. The van der Waals surface area contributed by atoms with Crippen molar-refractivity contribution in [2.45, 2.75) is 20.8 Å². The summed E-state index contributed by atoms with van der Waals surface area (Å²) >= 11 is 0. The molecule has 0 saturated heterocycles. The van der Waals surface area contributed by atoms with Crippen LogP contribution in [0.15, 0.2) is 22.6 Å². The molecular formula is C12H14N2O. The van der Waals surface area contributed by atoms with Gasteiger partial charge in [-0.15, -0.1) is 0 Å². The van der Waals surface area contributed by atoms with Crippen LogP contribution in [0, 0.1) is 20.8 Å². The minimum absolute atomic E-state index is 0.660. The van der Waals surface area contributed by atoms with Crippen LogP contribution in [0.25, 0.3) is 11.5 Å². The van der Waals surface area contributed by atoms with Crippen LogP contribution in [0.3, 0.4) is 0 Å². The van der Waals surface area contributed by atoms with Crippen LogP contribution in [0.4, 0.5) is 5.69 Å². The fourth-order valence-electron chi connectivity index (χ4n) is 1.40. The molecule has 0 fully saturated rings. The molecule has 0 aliphatic carbocycles. The summed E-state index contributed by atoms with van der Waals surface area (Å²) < 4.78 is 5.54. The summed E-state index contributed by atoms with van der Waals surface area (Å²) in [5, 5.41) is 0. The monoisotopic (exact) mass is 202 g/mol. The second-order valence-electron chi connectivity index (χ2n) is 3.73. The molecule has 2 aromatic rings. The van der Waals surface area contributed by atoms with E-state index in [2.05, 4.69) is 4.98 Å². The van der Waals surface area contributed by atoms with Crippen molar-refractivity contribution in [3.63, 3.8) is 0 Å². The molecule has 1 aromatic heterocycles. The Morgan fingerprint density at radius 1 is 1.20 bits per heavy atom. The molecule has 0 atom stereocenters. The van der Waals surface area contributed by atoms with Gasteiger partial charge in [0.15, 0.2) is 0 Å². The van der Waals surface area contributed by atoms with Gasteiger partial charge in [-0.3, -0.25) is 0 Å². The molecule has 15 heavy (non-hydrogen) atoms. The van der Waals surface area contributed by atoms with Gasteiger partial charge < -0.3 is 10.2 Å². The minimum atomic E-state index is 0.660. The Balaban J connectivity index is 2.49. The van der Waals surface area contributed by atoms with Crippen molar-refractivity contribution in [3.05, 3.63) is 35.2 Å². The molecule has 1 heterocycles. The first-order chi connectivity index (χ1) is 7.08. The summed E-state index contributed by atoms with van der Waals surface area (Å²) in [6, 6.07) is 5.78. The quantitative estimate of drug-likeness (QED) is 0.723. The number of nitrogen functional groups attached to an aromatic ring is 1. The third-order valence-corrected chi connectivity index (χ3v) is 2.55. The maximum Gasteiger partial charge on any atom is 0.226 e. The van der Waals surface area contributed by atoms with Crippen LogP contribution in [-0.4, -0.2) is 4.98 Å². The van der Waals surface area contributed by atoms with E-state index >= 15 is 0 Å². The zero-order chi connectivity index (χ0) is 11.0. The number of oxazole rings is 1. The number of hydrogen-bond donors (Lipinski definition) is 1. The van der Waals surface area contributed by atoms with Gasteiger partial charge in [-0.25, -0.2) is 4.98 Å². The molecule has 0 bridgehead atoms. The van der Waals surface area contributed by atoms with Gasteiger partial charge in [-0.1, -0.05) is 0 Å². The highest BCUT2D eigenvalue weighted by molar-refractivity contribution is 5.61. The van der Waals surface area contributed by atoms with Crippen LogP contribution >= 0.6 is 0 Å². The van der Waals surface area contributed by atoms with E-state index in [1.807, 2.05) is 39.0 Å². The maximum atomic E-state index is 5.75. The van der Waals surface area contributed by atoms with Crippen LogP contribution in [0.2, 0.25) is 0 Å². The number of nitrogens with two attached hydrogens (primary N) is 1. The third-order valence-electron chi connectivity index (χ3n) is 2.55. The molecule has 0 aliphatic heterocycles. The number of aromatic nitrogens is 1. The van der Waals surface area contributed by atoms with Crippen molar-refractivity contribution in [1.29, 1.82) is 0 Å². The zero-order valence-corrected chi connectivity index (χ0v) is 9.16. The fourth-order valence-corrected chi connectivity index (χ4v) is 1.40. The highest BCUT2D eigenvalue weighted by Crippen LogP contribution is 2.24. The minimum Gasteiger partial charge on any atom is -0.441 e. The Bertz CT molecular complexity index is 481. The lowest BCUT2D eigenvalue weighted by atomic mass is 10.1. The first-order valence-electron chi connectivity index (χ1n) is 4.88. The molecular weight excluding hydrogens is 188 g/mol. The topological polar surface area (TPSA) is 52.0 Å². The lowest BCUT2D eigenvalue weighted by Crippen LogP contribution is -1.89. The van der Waals surface area contributed by atoms with Crippen molar-refractivity contribution in [2.24, 2.45) is 0 Å². The van der Waals surface area contributed by atoms with Gasteiger partial charge in [0, 0.05) is 11.3 Å². The molecule has 3 heteroatoms. The van der Waals surface area contributed by atoms with Crippen molar-refractivity contribution in [2.75, 3.05) is 5.73 Å². The first kappa shape index (κ1) is 9.77. The van der Waals surface area contributed by atoms with Crippen molar-refractivity contribution in [1.82, 2.24) is 4.98 Å². The highest BCUT2D eigenvalue weighted by atomic mass is 16.4. The molecule has 0 amide bonds. The van der Waals surface area contributed by atoms with Crippen molar-refractivity contribution < 1.29 is 4.42 Å². The molecule has 0 aliphatic rings. The van der Waals surface area contributed by atoms with Crippen LogP contribution < -0.4 is 5.73 Å². The second kappa shape index (κ2) is 3.42. The maximum absolute atomic E-state index is 5.75. The van der Waals surface area contributed by atoms with Gasteiger partial charge in [-0.05, 0) is 44.5 Å². The summed E-state index contributed by atoms with van der Waals surface area (Å²) in [7, 11) is 0. The molecule has 2 N–H and O–H groups in total. The third kappa shape index (κ3) is 1.73. The van der Waals surface area contributed by atoms with Crippen LogP contribution in [0.5, 0.6) is 0 Å². The molecule has 1 aromatic carbocycles. The van der Waals surface area contributed by atoms with Crippen LogP contribution in [-0.2, 0) is 0 Å². The number of aryl methyl sites for hydroxylation is 3. The largest absolute Gasteiger partial charge is 0.441 e. The Morgan fingerprint density at radius 2 is 1.93 bits per heavy atom. The smallest absolute Gasteiger partial charge is 0.226 e.